The SMILES string of the molecule is CN=c1scc(-c2ccco2)n1N=Cc1ccccc1C. The Hall–Kier alpha value is -2.40. The van der Waals surface area contributed by atoms with Gasteiger partial charge in [-0.1, -0.05) is 24.3 Å². The van der Waals surface area contributed by atoms with Crippen molar-refractivity contribution in [2.45, 2.75) is 6.92 Å². The first-order valence-electron chi connectivity index (χ1n) is 6.57. The van der Waals surface area contributed by atoms with Crippen molar-refractivity contribution in [2.24, 2.45) is 10.1 Å². The number of aryl methyl sites for hydroxylation is 1. The van der Waals surface area contributed by atoms with Crippen LogP contribution in [-0.4, -0.2) is 17.9 Å². The van der Waals surface area contributed by atoms with Crippen molar-refractivity contribution in [3.63, 3.8) is 0 Å². The van der Waals surface area contributed by atoms with Gasteiger partial charge in [-0.25, -0.2) is 4.68 Å². The van der Waals surface area contributed by atoms with Gasteiger partial charge in [0.1, 0.15) is 5.69 Å². The molecule has 0 aliphatic carbocycles. The summed E-state index contributed by atoms with van der Waals surface area (Å²) in [7, 11) is 1.76. The Bertz CT molecular complexity index is 825. The third kappa shape index (κ3) is 2.73. The second-order valence-electron chi connectivity index (χ2n) is 4.52. The summed E-state index contributed by atoms with van der Waals surface area (Å²) >= 11 is 1.54. The normalized spacial score (nSPS) is 12.4. The standard InChI is InChI=1S/C16H15N3OS/c1-12-6-3-4-7-13(12)10-18-19-14(11-21-16(19)17-2)15-8-5-9-20-15/h3-11H,1-2H3. The molecule has 0 saturated carbocycles. The first-order valence-corrected chi connectivity index (χ1v) is 7.45. The largest absolute Gasteiger partial charge is 0.463 e. The van der Waals surface area contributed by atoms with Crippen molar-refractivity contribution in [1.82, 2.24) is 4.68 Å². The van der Waals surface area contributed by atoms with Gasteiger partial charge in [0, 0.05) is 12.4 Å². The van der Waals surface area contributed by atoms with Crippen molar-refractivity contribution in [3.05, 3.63) is 64.0 Å². The Morgan fingerprint density at radius 2 is 2.05 bits per heavy atom. The zero-order valence-electron chi connectivity index (χ0n) is 11.9. The molecule has 0 atom stereocenters. The van der Waals surface area contributed by atoms with Crippen molar-refractivity contribution in [3.8, 4) is 11.5 Å². The molecule has 3 aromatic rings. The van der Waals surface area contributed by atoms with Gasteiger partial charge in [0.2, 0.25) is 4.80 Å². The van der Waals surface area contributed by atoms with Crippen LogP contribution in [0.1, 0.15) is 11.1 Å². The summed E-state index contributed by atoms with van der Waals surface area (Å²) in [6.45, 7) is 2.07. The van der Waals surface area contributed by atoms with Crippen LogP contribution >= 0.6 is 11.3 Å². The maximum absolute atomic E-state index is 5.46. The first-order chi connectivity index (χ1) is 10.3. The fourth-order valence-corrected chi connectivity index (χ4v) is 2.79. The molecule has 0 aliphatic rings. The topological polar surface area (TPSA) is 42.8 Å². The van der Waals surface area contributed by atoms with Gasteiger partial charge < -0.3 is 4.42 Å². The van der Waals surface area contributed by atoms with Crippen LogP contribution < -0.4 is 4.80 Å². The Morgan fingerprint density at radius 3 is 2.76 bits per heavy atom. The molecule has 106 valence electrons. The Balaban J connectivity index is 2.06. The number of hydrogen-bond acceptors (Lipinski definition) is 4. The van der Waals surface area contributed by atoms with Crippen LogP contribution in [0.2, 0.25) is 0 Å². The second-order valence-corrected chi connectivity index (χ2v) is 5.35. The Kier molecular flexibility index (Phi) is 3.83. The van der Waals surface area contributed by atoms with Gasteiger partial charge in [0.05, 0.1) is 12.5 Å². The molecule has 2 heterocycles. The average molecular weight is 297 g/mol. The maximum atomic E-state index is 5.46. The van der Waals surface area contributed by atoms with Crippen LogP contribution in [-0.2, 0) is 0 Å². The van der Waals surface area contributed by atoms with E-state index in [1.807, 2.05) is 41.9 Å². The summed E-state index contributed by atoms with van der Waals surface area (Å²) < 4.78 is 7.27. The van der Waals surface area contributed by atoms with Crippen LogP contribution in [0.5, 0.6) is 0 Å². The molecule has 0 amide bonds. The second kappa shape index (κ2) is 5.93. The van der Waals surface area contributed by atoms with Gasteiger partial charge in [-0.3, -0.25) is 4.99 Å². The number of benzene rings is 1. The fraction of sp³-hybridized carbons (Fsp3) is 0.125. The van der Waals surface area contributed by atoms with Crippen molar-refractivity contribution in [1.29, 1.82) is 0 Å². The van der Waals surface area contributed by atoms with Crippen molar-refractivity contribution in [2.75, 3.05) is 7.05 Å². The predicted octanol–water partition coefficient (Wildman–Crippen LogP) is 3.53. The smallest absolute Gasteiger partial charge is 0.206 e. The highest BCUT2D eigenvalue weighted by Gasteiger charge is 2.09. The number of nitrogens with zero attached hydrogens (tertiary/aromatic N) is 3. The monoisotopic (exact) mass is 297 g/mol. The molecule has 0 aliphatic heterocycles. The zero-order chi connectivity index (χ0) is 14.7. The number of hydrogen-bond donors (Lipinski definition) is 0. The molecule has 0 fully saturated rings. The number of furan rings is 1. The van der Waals surface area contributed by atoms with Gasteiger partial charge in [-0.05, 0) is 30.2 Å². The van der Waals surface area contributed by atoms with E-state index in [0.717, 1.165) is 21.8 Å². The third-order valence-electron chi connectivity index (χ3n) is 3.15. The Labute approximate surface area is 126 Å². The molecule has 2 aromatic heterocycles. The molecule has 0 saturated heterocycles. The van der Waals surface area contributed by atoms with Crippen LogP contribution in [0.25, 0.3) is 11.5 Å². The summed E-state index contributed by atoms with van der Waals surface area (Å²) in [5.74, 6) is 0.781. The molecule has 0 radical (unpaired) electrons. The van der Waals surface area contributed by atoms with Gasteiger partial charge >= 0.3 is 0 Å². The molecule has 5 heteroatoms. The van der Waals surface area contributed by atoms with Crippen LogP contribution in [0.4, 0.5) is 0 Å². The lowest BCUT2D eigenvalue weighted by Crippen LogP contribution is -2.11. The molecule has 4 nitrogen and oxygen atoms in total. The summed E-state index contributed by atoms with van der Waals surface area (Å²) in [4.78, 5) is 5.09. The molecular formula is C16H15N3OS. The number of rotatable bonds is 3. The Morgan fingerprint density at radius 1 is 1.19 bits per heavy atom. The molecule has 21 heavy (non-hydrogen) atoms. The summed E-state index contributed by atoms with van der Waals surface area (Å²) in [6, 6.07) is 11.9. The summed E-state index contributed by atoms with van der Waals surface area (Å²) in [5, 5.41) is 6.57. The quantitative estimate of drug-likeness (QED) is 0.682. The molecule has 0 N–H and O–H groups in total. The highest BCUT2D eigenvalue weighted by Crippen LogP contribution is 2.20. The van der Waals surface area contributed by atoms with Gasteiger partial charge in [-0.15, -0.1) is 11.3 Å². The van der Waals surface area contributed by atoms with E-state index in [2.05, 4.69) is 23.1 Å². The van der Waals surface area contributed by atoms with E-state index in [1.165, 1.54) is 16.9 Å². The lowest BCUT2D eigenvalue weighted by Gasteiger charge is -2.01. The maximum Gasteiger partial charge on any atom is 0.206 e. The van der Waals surface area contributed by atoms with Crippen molar-refractivity contribution >= 4 is 17.6 Å². The molecule has 1 aromatic carbocycles. The number of aromatic nitrogens is 1. The van der Waals surface area contributed by atoms with Crippen LogP contribution in [0.15, 0.2) is 62.6 Å². The van der Waals surface area contributed by atoms with E-state index >= 15 is 0 Å². The summed E-state index contributed by atoms with van der Waals surface area (Å²) in [6.07, 6.45) is 3.51. The zero-order valence-corrected chi connectivity index (χ0v) is 12.7. The fourth-order valence-electron chi connectivity index (χ4n) is 2.01. The van der Waals surface area contributed by atoms with E-state index in [1.54, 1.807) is 18.0 Å². The van der Waals surface area contributed by atoms with E-state index in [9.17, 15) is 0 Å². The average Bonchev–Trinajstić information content (AvgIpc) is 3.15. The van der Waals surface area contributed by atoms with Gasteiger partial charge in [0.25, 0.3) is 0 Å². The third-order valence-corrected chi connectivity index (χ3v) is 4.06. The van der Waals surface area contributed by atoms with Gasteiger partial charge in [-0.2, -0.15) is 5.10 Å². The highest BCUT2D eigenvalue weighted by atomic mass is 32.1. The molecule has 0 spiro atoms. The minimum absolute atomic E-state index is 0.781. The van der Waals surface area contributed by atoms with E-state index in [4.69, 9.17) is 4.42 Å². The van der Waals surface area contributed by atoms with E-state index in [-0.39, 0.29) is 0 Å². The lowest BCUT2D eigenvalue weighted by atomic mass is 10.1. The van der Waals surface area contributed by atoms with E-state index in [0.29, 0.717) is 0 Å². The molecule has 3 rings (SSSR count). The minimum atomic E-state index is 0.781. The minimum Gasteiger partial charge on any atom is -0.463 e. The molecule has 0 bridgehead atoms. The van der Waals surface area contributed by atoms with Crippen molar-refractivity contribution < 1.29 is 4.42 Å². The molecular weight excluding hydrogens is 282 g/mol. The van der Waals surface area contributed by atoms with Crippen LogP contribution in [0, 0.1) is 6.92 Å². The highest BCUT2D eigenvalue weighted by molar-refractivity contribution is 7.07. The molecule has 0 unspecified atom stereocenters. The lowest BCUT2D eigenvalue weighted by molar-refractivity contribution is 0.575. The van der Waals surface area contributed by atoms with Crippen LogP contribution in [0.3, 0.4) is 0 Å². The predicted molar refractivity (Wildman–Crippen MR) is 85.7 cm³/mol. The number of thiazole rings is 1. The van der Waals surface area contributed by atoms with E-state index < -0.39 is 0 Å². The summed E-state index contributed by atoms with van der Waals surface area (Å²) in [5.41, 5.74) is 3.17. The first kappa shape index (κ1) is 13.6. The van der Waals surface area contributed by atoms with Gasteiger partial charge in [0.15, 0.2) is 5.76 Å².